The quantitative estimate of drug-likeness (QED) is 0.456. The van der Waals surface area contributed by atoms with Crippen LogP contribution in [-0.4, -0.2) is 0 Å². The van der Waals surface area contributed by atoms with Crippen LogP contribution in [0.4, 0.5) is 5.69 Å². The maximum Gasteiger partial charge on any atom is 0.137 e. The van der Waals surface area contributed by atoms with Crippen LogP contribution < -0.4 is 10.8 Å². The Morgan fingerprint density at radius 2 is 1.65 bits per heavy atom. The van der Waals surface area contributed by atoms with Crippen molar-refractivity contribution >= 4 is 28.3 Å². The van der Waals surface area contributed by atoms with Crippen molar-refractivity contribution in [2.45, 2.75) is 6.92 Å². The number of hydrogen-bond acceptors (Lipinski definition) is 3. The Balaban J connectivity index is 1.88. The second kappa shape index (κ2) is 7.06. The zero-order chi connectivity index (χ0) is 17.9. The number of nitrogens with one attached hydrogen (secondary N) is 1. The van der Waals surface area contributed by atoms with E-state index in [1.165, 1.54) is 5.56 Å². The van der Waals surface area contributed by atoms with Crippen molar-refractivity contribution in [3.8, 4) is 11.3 Å². The van der Waals surface area contributed by atoms with Gasteiger partial charge in [-0.1, -0.05) is 59.6 Å². The normalized spacial score (nSPS) is 11.7. The number of anilines is 1. The third-order valence-corrected chi connectivity index (χ3v) is 4.36. The smallest absolute Gasteiger partial charge is 0.137 e. The monoisotopic (exact) mass is 360 g/mol. The highest BCUT2D eigenvalue weighted by Crippen LogP contribution is 2.24. The van der Waals surface area contributed by atoms with E-state index in [1.54, 1.807) is 0 Å². The lowest BCUT2D eigenvalue weighted by Crippen LogP contribution is -2.07. The van der Waals surface area contributed by atoms with Gasteiger partial charge in [0, 0.05) is 22.0 Å². The fourth-order valence-corrected chi connectivity index (χ4v) is 2.90. The summed E-state index contributed by atoms with van der Waals surface area (Å²) in [5.41, 5.74) is 6.96. The maximum absolute atomic E-state index is 6.18. The van der Waals surface area contributed by atoms with E-state index in [1.807, 2.05) is 66.7 Å². The van der Waals surface area contributed by atoms with Crippen LogP contribution in [0.3, 0.4) is 0 Å². The zero-order valence-corrected chi connectivity index (χ0v) is 15.0. The van der Waals surface area contributed by atoms with Gasteiger partial charge in [-0.2, -0.15) is 5.10 Å². The minimum atomic E-state index is 0.645. The molecule has 0 aliphatic carbocycles. The summed E-state index contributed by atoms with van der Waals surface area (Å²) < 4.78 is 6.09. The molecule has 0 radical (unpaired) electrons. The fraction of sp³-hybridized carbons (Fsp3) is 0.0455. The van der Waals surface area contributed by atoms with Gasteiger partial charge in [0.2, 0.25) is 0 Å². The number of benzene rings is 3. The molecular weight excluding hydrogens is 344 g/mol. The molecule has 4 rings (SSSR count). The highest BCUT2D eigenvalue weighted by atomic mass is 35.5. The van der Waals surface area contributed by atoms with Crippen LogP contribution in [0.2, 0.25) is 5.02 Å². The largest absolute Gasteiger partial charge is 0.456 e. The van der Waals surface area contributed by atoms with Gasteiger partial charge in [0.15, 0.2) is 0 Å². The second-order valence-electron chi connectivity index (χ2n) is 6.09. The molecule has 0 saturated carbocycles. The van der Waals surface area contributed by atoms with Crippen LogP contribution in [0, 0.1) is 6.92 Å². The molecule has 0 aliphatic heterocycles. The number of para-hydroxylation sites is 1. The molecule has 0 fully saturated rings. The first kappa shape index (κ1) is 16.4. The minimum absolute atomic E-state index is 0.645. The average Bonchev–Trinajstić information content (AvgIpc) is 2.67. The van der Waals surface area contributed by atoms with E-state index < -0.39 is 0 Å². The van der Waals surface area contributed by atoms with Crippen molar-refractivity contribution in [1.82, 2.24) is 0 Å². The van der Waals surface area contributed by atoms with E-state index in [0.717, 1.165) is 33.3 Å². The fourth-order valence-electron chi connectivity index (χ4n) is 2.73. The van der Waals surface area contributed by atoms with Gasteiger partial charge >= 0.3 is 0 Å². The Kier molecular flexibility index (Phi) is 4.46. The maximum atomic E-state index is 6.18. The van der Waals surface area contributed by atoms with Crippen LogP contribution in [0.5, 0.6) is 0 Å². The van der Waals surface area contributed by atoms with Crippen LogP contribution in [-0.2, 0) is 0 Å². The summed E-state index contributed by atoms with van der Waals surface area (Å²) >= 11 is 6.18. The first-order valence-electron chi connectivity index (χ1n) is 8.34. The summed E-state index contributed by atoms with van der Waals surface area (Å²) in [6.07, 6.45) is 0. The van der Waals surface area contributed by atoms with E-state index in [4.69, 9.17) is 16.0 Å². The molecule has 3 aromatic carbocycles. The summed E-state index contributed by atoms with van der Waals surface area (Å²) in [7, 11) is 0. The summed E-state index contributed by atoms with van der Waals surface area (Å²) in [6, 6.07) is 25.5. The summed E-state index contributed by atoms with van der Waals surface area (Å²) in [5, 5.41) is 6.86. The topological polar surface area (TPSA) is 37.5 Å². The van der Waals surface area contributed by atoms with Crippen molar-refractivity contribution in [2.24, 2.45) is 5.10 Å². The van der Waals surface area contributed by atoms with E-state index in [0.29, 0.717) is 5.02 Å². The molecule has 26 heavy (non-hydrogen) atoms. The molecule has 1 N–H and O–H groups in total. The van der Waals surface area contributed by atoms with Gasteiger partial charge in [-0.25, -0.2) is 0 Å². The van der Waals surface area contributed by atoms with Gasteiger partial charge in [0.05, 0.1) is 11.0 Å². The van der Waals surface area contributed by atoms with Gasteiger partial charge in [-0.05, 0) is 37.3 Å². The number of fused-ring (bicyclic) bond motifs is 1. The van der Waals surface area contributed by atoms with Crippen molar-refractivity contribution in [1.29, 1.82) is 0 Å². The molecule has 0 amide bonds. The van der Waals surface area contributed by atoms with E-state index in [-0.39, 0.29) is 0 Å². The van der Waals surface area contributed by atoms with E-state index >= 15 is 0 Å². The lowest BCUT2D eigenvalue weighted by molar-refractivity contribution is 0.618. The van der Waals surface area contributed by atoms with Crippen LogP contribution in [0.25, 0.3) is 22.3 Å². The lowest BCUT2D eigenvalue weighted by Gasteiger charge is -2.06. The van der Waals surface area contributed by atoms with E-state index in [9.17, 15) is 0 Å². The molecule has 3 nitrogen and oxygen atoms in total. The van der Waals surface area contributed by atoms with Gasteiger partial charge in [0.1, 0.15) is 11.3 Å². The molecular formula is C22H17ClN2O. The van der Waals surface area contributed by atoms with Gasteiger partial charge in [-0.3, -0.25) is 5.43 Å². The number of halogens is 1. The number of hydrogen-bond donors (Lipinski definition) is 1. The standard InChI is InChI=1S/C22H17ClN2O/c1-15-7-9-16(10-8-15)22-14-20(25-24-18-5-3-2-4-6-18)19-13-17(23)11-12-21(19)26-22/h2-14,24H,1H3/b25-20+. The summed E-state index contributed by atoms with van der Waals surface area (Å²) in [5.74, 6) is 0.758. The van der Waals surface area contributed by atoms with Crippen LogP contribution in [0.1, 0.15) is 5.56 Å². The van der Waals surface area contributed by atoms with Crippen molar-refractivity contribution in [3.05, 3.63) is 94.8 Å². The Morgan fingerprint density at radius 1 is 0.885 bits per heavy atom. The predicted molar refractivity (Wildman–Crippen MR) is 107 cm³/mol. The SMILES string of the molecule is Cc1ccc(-c2c/c(=N\Nc3ccccc3)c3cc(Cl)ccc3o2)cc1. The van der Waals surface area contributed by atoms with Crippen LogP contribution in [0.15, 0.2) is 88.4 Å². The molecule has 0 spiro atoms. The Morgan fingerprint density at radius 3 is 2.42 bits per heavy atom. The Bertz CT molecular complexity index is 1120. The number of nitrogens with zero attached hydrogens (tertiary/aromatic N) is 1. The lowest BCUT2D eigenvalue weighted by atomic mass is 10.1. The predicted octanol–water partition coefficient (Wildman–Crippen LogP) is 5.99. The van der Waals surface area contributed by atoms with Crippen molar-refractivity contribution in [2.75, 3.05) is 5.43 Å². The minimum Gasteiger partial charge on any atom is -0.456 e. The molecule has 4 aromatic rings. The molecule has 0 unspecified atom stereocenters. The van der Waals surface area contributed by atoms with Gasteiger partial charge < -0.3 is 4.42 Å². The molecule has 4 heteroatoms. The highest BCUT2D eigenvalue weighted by molar-refractivity contribution is 6.31. The molecule has 1 aromatic heterocycles. The third kappa shape index (κ3) is 3.48. The molecule has 0 atom stereocenters. The first-order chi connectivity index (χ1) is 12.7. The van der Waals surface area contributed by atoms with Crippen molar-refractivity contribution < 1.29 is 4.42 Å². The molecule has 128 valence electrons. The third-order valence-electron chi connectivity index (χ3n) is 4.12. The summed E-state index contributed by atoms with van der Waals surface area (Å²) in [4.78, 5) is 0. The van der Waals surface area contributed by atoms with Gasteiger partial charge in [-0.15, -0.1) is 0 Å². The molecule has 1 heterocycles. The zero-order valence-electron chi connectivity index (χ0n) is 14.2. The average molecular weight is 361 g/mol. The molecule has 0 saturated heterocycles. The Labute approximate surface area is 156 Å². The second-order valence-corrected chi connectivity index (χ2v) is 6.53. The summed E-state index contributed by atoms with van der Waals surface area (Å²) in [6.45, 7) is 2.06. The Hall–Kier alpha value is -3.04. The number of aryl methyl sites for hydroxylation is 1. The molecule has 0 aliphatic rings. The molecule has 0 bridgehead atoms. The first-order valence-corrected chi connectivity index (χ1v) is 8.72. The van der Waals surface area contributed by atoms with Crippen LogP contribution >= 0.6 is 11.6 Å². The number of rotatable bonds is 3. The van der Waals surface area contributed by atoms with Gasteiger partial charge in [0.25, 0.3) is 0 Å². The van der Waals surface area contributed by atoms with Crippen molar-refractivity contribution in [3.63, 3.8) is 0 Å². The van der Waals surface area contributed by atoms with E-state index in [2.05, 4.69) is 29.6 Å². The highest BCUT2D eigenvalue weighted by Gasteiger charge is 2.07.